The van der Waals surface area contributed by atoms with E-state index in [2.05, 4.69) is 4.98 Å². The number of hydrogen-bond donors (Lipinski definition) is 1. The number of unbranched alkanes of at least 4 members (excludes halogenated alkanes) is 1. The second kappa shape index (κ2) is 8.07. The summed E-state index contributed by atoms with van der Waals surface area (Å²) in [5.41, 5.74) is -0.0287. The van der Waals surface area contributed by atoms with Gasteiger partial charge in [0, 0.05) is 18.3 Å². The molecule has 0 spiro atoms. The lowest BCUT2D eigenvalue weighted by Crippen LogP contribution is -2.22. The van der Waals surface area contributed by atoms with Gasteiger partial charge in [0.1, 0.15) is 0 Å². The number of hydrogen-bond acceptors (Lipinski definition) is 3. The Labute approximate surface area is 149 Å². The lowest BCUT2D eigenvalue weighted by molar-refractivity contribution is -0.129. The lowest BCUT2D eigenvalue weighted by atomic mass is 10.1. The van der Waals surface area contributed by atoms with E-state index in [4.69, 9.17) is 0 Å². The number of anilines is 1. The minimum Gasteiger partial charge on any atom is -0.337 e. The molecule has 1 aromatic heterocycles. The highest BCUT2D eigenvalue weighted by Crippen LogP contribution is 2.28. The Kier molecular flexibility index (Phi) is 6.27. The second-order valence-corrected chi connectivity index (χ2v) is 7.65. The Balaban J connectivity index is 2.20. The van der Waals surface area contributed by atoms with Crippen LogP contribution in [0, 0.1) is 5.82 Å². The monoisotopic (exact) mass is 393 g/mol. The van der Waals surface area contributed by atoms with Gasteiger partial charge in [-0.1, -0.05) is 19.4 Å². The lowest BCUT2D eigenvalue weighted by Gasteiger charge is -2.11. The predicted octanol–water partition coefficient (Wildman–Crippen LogP) is 4.18. The Hall–Kier alpha value is -2.10. The predicted molar refractivity (Wildman–Crippen MR) is 90.6 cm³/mol. The maximum absolute atomic E-state index is 14.6. The van der Waals surface area contributed by atoms with Crippen LogP contribution in [0.15, 0.2) is 30.7 Å². The van der Waals surface area contributed by atoms with Crippen LogP contribution >= 0.6 is 0 Å². The second-order valence-electron chi connectivity index (χ2n) is 5.80. The molecule has 0 fully saturated rings. The van der Waals surface area contributed by atoms with E-state index in [1.165, 1.54) is 12.1 Å². The molecular weight excluding hydrogens is 374 g/mol. The van der Waals surface area contributed by atoms with Gasteiger partial charge < -0.3 is 4.57 Å². The number of sulfonamides is 1. The SMILES string of the molecule is CCCCn1cnc(-c2cccc(NS(=O)(=O)CCC(F)(F)F)c2F)c1. The smallest absolute Gasteiger partial charge is 0.337 e. The van der Waals surface area contributed by atoms with E-state index in [9.17, 15) is 26.0 Å². The first-order valence-electron chi connectivity index (χ1n) is 7.99. The number of aromatic nitrogens is 2. The maximum atomic E-state index is 14.6. The van der Waals surface area contributed by atoms with Crippen LogP contribution in [-0.2, 0) is 16.6 Å². The molecule has 1 aromatic carbocycles. The molecule has 144 valence electrons. The Morgan fingerprint density at radius 1 is 1.27 bits per heavy atom. The summed E-state index contributed by atoms with van der Waals surface area (Å²) in [6, 6.07) is 3.98. The summed E-state index contributed by atoms with van der Waals surface area (Å²) in [4.78, 5) is 4.10. The molecular formula is C16H19F4N3O2S. The zero-order valence-electron chi connectivity index (χ0n) is 14.1. The Bertz CT molecular complexity index is 847. The Morgan fingerprint density at radius 2 is 2.00 bits per heavy atom. The van der Waals surface area contributed by atoms with Crippen LogP contribution in [0.2, 0.25) is 0 Å². The summed E-state index contributed by atoms with van der Waals surface area (Å²) >= 11 is 0. The largest absolute Gasteiger partial charge is 0.390 e. The van der Waals surface area contributed by atoms with E-state index in [0.717, 1.165) is 25.5 Å². The molecule has 1 heterocycles. The molecule has 0 aliphatic carbocycles. The highest BCUT2D eigenvalue weighted by atomic mass is 32.2. The number of alkyl halides is 3. The van der Waals surface area contributed by atoms with E-state index >= 15 is 0 Å². The number of imidazole rings is 1. The van der Waals surface area contributed by atoms with Crippen molar-refractivity contribution in [2.24, 2.45) is 0 Å². The molecule has 0 aliphatic rings. The number of halogens is 4. The van der Waals surface area contributed by atoms with Crippen LogP contribution in [0.25, 0.3) is 11.3 Å². The van der Waals surface area contributed by atoms with Gasteiger partial charge in [0.25, 0.3) is 0 Å². The average Bonchev–Trinajstić information content (AvgIpc) is 3.01. The van der Waals surface area contributed by atoms with Crippen LogP contribution < -0.4 is 4.72 Å². The highest BCUT2D eigenvalue weighted by Gasteiger charge is 2.30. The number of rotatable bonds is 8. The van der Waals surface area contributed by atoms with Gasteiger partial charge in [-0.3, -0.25) is 4.72 Å². The van der Waals surface area contributed by atoms with Crippen molar-refractivity contribution in [2.75, 3.05) is 10.5 Å². The molecule has 26 heavy (non-hydrogen) atoms. The standard InChI is InChI=1S/C16H19F4N3O2S/c1-2-3-8-23-10-14(21-11-23)12-5-4-6-13(15(12)17)22-26(24,25)9-7-16(18,19)20/h4-6,10-11,22H,2-3,7-9H2,1H3. The number of nitrogens with one attached hydrogen (secondary N) is 1. The molecule has 0 saturated heterocycles. The first-order chi connectivity index (χ1) is 12.1. The molecule has 1 N–H and O–H groups in total. The van der Waals surface area contributed by atoms with Gasteiger partial charge in [-0.05, 0) is 18.6 Å². The minimum absolute atomic E-state index is 0.0660. The molecule has 0 bridgehead atoms. The van der Waals surface area contributed by atoms with E-state index in [-0.39, 0.29) is 5.56 Å². The third kappa shape index (κ3) is 5.72. The topological polar surface area (TPSA) is 64.0 Å². The molecule has 0 saturated carbocycles. The Morgan fingerprint density at radius 3 is 2.65 bits per heavy atom. The zero-order chi connectivity index (χ0) is 19.4. The molecule has 0 atom stereocenters. The van der Waals surface area contributed by atoms with Crippen LogP contribution in [0.3, 0.4) is 0 Å². The summed E-state index contributed by atoms with van der Waals surface area (Å²) in [5, 5.41) is 0. The third-order valence-corrected chi connectivity index (χ3v) is 4.87. The van der Waals surface area contributed by atoms with Crippen molar-refractivity contribution in [3.8, 4) is 11.3 Å². The van der Waals surface area contributed by atoms with Crippen molar-refractivity contribution >= 4 is 15.7 Å². The van der Waals surface area contributed by atoms with Crippen molar-refractivity contribution in [3.05, 3.63) is 36.5 Å². The van der Waals surface area contributed by atoms with E-state index in [1.54, 1.807) is 17.1 Å². The maximum Gasteiger partial charge on any atom is 0.390 e. The molecule has 5 nitrogen and oxygen atoms in total. The first-order valence-corrected chi connectivity index (χ1v) is 9.64. The normalized spacial score (nSPS) is 12.3. The number of nitrogens with zero attached hydrogens (tertiary/aromatic N) is 2. The van der Waals surface area contributed by atoms with Gasteiger partial charge in [-0.25, -0.2) is 17.8 Å². The molecule has 0 radical (unpaired) electrons. The van der Waals surface area contributed by atoms with Crippen molar-refractivity contribution in [2.45, 2.75) is 38.9 Å². The summed E-state index contributed by atoms with van der Waals surface area (Å²) in [5.74, 6) is -2.06. The molecule has 0 unspecified atom stereocenters. The van der Waals surface area contributed by atoms with Gasteiger partial charge in [-0.15, -0.1) is 0 Å². The van der Waals surface area contributed by atoms with Crippen molar-refractivity contribution in [1.29, 1.82) is 0 Å². The van der Waals surface area contributed by atoms with Crippen LogP contribution in [0.1, 0.15) is 26.2 Å². The zero-order valence-corrected chi connectivity index (χ0v) is 14.9. The van der Waals surface area contributed by atoms with Crippen LogP contribution in [-0.4, -0.2) is 29.9 Å². The van der Waals surface area contributed by atoms with Gasteiger partial charge in [0.15, 0.2) is 5.82 Å². The van der Waals surface area contributed by atoms with E-state index < -0.39 is 39.9 Å². The highest BCUT2D eigenvalue weighted by molar-refractivity contribution is 7.92. The molecule has 10 heteroatoms. The summed E-state index contributed by atoms with van der Waals surface area (Å²) < 4.78 is 78.4. The minimum atomic E-state index is -4.61. The quantitative estimate of drug-likeness (QED) is 0.684. The fourth-order valence-corrected chi connectivity index (χ4v) is 3.33. The fourth-order valence-electron chi connectivity index (χ4n) is 2.24. The van der Waals surface area contributed by atoms with Crippen molar-refractivity contribution in [1.82, 2.24) is 9.55 Å². The van der Waals surface area contributed by atoms with Crippen molar-refractivity contribution in [3.63, 3.8) is 0 Å². The van der Waals surface area contributed by atoms with Crippen LogP contribution in [0.4, 0.5) is 23.2 Å². The van der Waals surface area contributed by atoms with Crippen LogP contribution in [0.5, 0.6) is 0 Å². The summed E-state index contributed by atoms with van der Waals surface area (Å²) in [7, 11) is -4.33. The number of aryl methyl sites for hydroxylation is 1. The average molecular weight is 393 g/mol. The summed E-state index contributed by atoms with van der Waals surface area (Å²) in [6.45, 7) is 2.75. The first kappa shape index (κ1) is 20.2. The third-order valence-electron chi connectivity index (χ3n) is 3.60. The van der Waals surface area contributed by atoms with Crippen molar-refractivity contribution < 1.29 is 26.0 Å². The molecule has 0 aliphatic heterocycles. The fraction of sp³-hybridized carbons (Fsp3) is 0.438. The van der Waals surface area contributed by atoms with Gasteiger partial charge in [0.05, 0.1) is 29.9 Å². The number of benzene rings is 1. The molecule has 2 rings (SSSR count). The van der Waals surface area contributed by atoms with Gasteiger partial charge >= 0.3 is 6.18 Å². The van der Waals surface area contributed by atoms with E-state index in [0.29, 0.717) is 5.69 Å². The summed E-state index contributed by atoms with van der Waals surface area (Å²) in [6.07, 6.45) is -1.03. The van der Waals surface area contributed by atoms with Gasteiger partial charge in [0.2, 0.25) is 10.0 Å². The molecule has 0 amide bonds. The molecule has 2 aromatic rings. The van der Waals surface area contributed by atoms with E-state index in [1.807, 2.05) is 11.6 Å². The van der Waals surface area contributed by atoms with Gasteiger partial charge in [-0.2, -0.15) is 13.2 Å².